The van der Waals surface area contributed by atoms with Gasteiger partial charge in [-0.05, 0) is 71.5 Å². The lowest BCUT2D eigenvalue weighted by Crippen LogP contribution is -2.29. The Morgan fingerprint density at radius 3 is 1.27 bits per heavy atom. The minimum absolute atomic E-state index is 0.224. The predicted molar refractivity (Wildman–Crippen MR) is 127 cm³/mol. The topological polar surface area (TPSA) is 74.6 Å². The summed E-state index contributed by atoms with van der Waals surface area (Å²) in [6.07, 6.45) is 0. The zero-order valence-electron chi connectivity index (χ0n) is 18.3. The molecule has 0 amide bonds. The average Bonchev–Trinajstić information content (AvgIpc) is 3.08. The van der Waals surface area contributed by atoms with Crippen LogP contribution in [0.25, 0.3) is 11.1 Å². The average molecular weight is 434 g/mol. The minimum atomic E-state index is -0.972. The van der Waals surface area contributed by atoms with E-state index in [0.29, 0.717) is 0 Å². The molecule has 4 nitrogen and oxygen atoms in total. The monoisotopic (exact) mass is 434 g/mol. The van der Waals surface area contributed by atoms with Gasteiger partial charge in [0.05, 0.1) is 16.5 Å². The highest BCUT2D eigenvalue weighted by molar-refractivity contribution is 5.90. The molecule has 162 valence electrons. The molecular weight excluding hydrogens is 412 g/mol. The van der Waals surface area contributed by atoms with Crippen LogP contribution in [0.1, 0.15) is 54.1 Å². The van der Waals surface area contributed by atoms with Gasteiger partial charge in [-0.15, -0.1) is 0 Å². The molecule has 1 aliphatic carbocycles. The quantitative estimate of drug-likeness (QED) is 0.360. The molecule has 0 spiro atoms. The van der Waals surface area contributed by atoms with Crippen molar-refractivity contribution >= 4 is 11.9 Å². The second-order valence-corrected chi connectivity index (χ2v) is 8.61. The van der Waals surface area contributed by atoms with Gasteiger partial charge >= 0.3 is 11.9 Å². The molecule has 5 rings (SSSR count). The van der Waals surface area contributed by atoms with E-state index in [4.69, 9.17) is 0 Å². The maximum atomic E-state index is 11.5. The van der Waals surface area contributed by atoms with Crippen LogP contribution in [0.2, 0.25) is 0 Å². The number of benzene rings is 4. The van der Waals surface area contributed by atoms with Crippen LogP contribution in [0, 0.1) is 13.8 Å². The third-order valence-electron chi connectivity index (χ3n) is 6.58. The van der Waals surface area contributed by atoms with Gasteiger partial charge in [-0.3, -0.25) is 0 Å². The fraction of sp³-hybridized carbons (Fsp3) is 0.103. The van der Waals surface area contributed by atoms with Crippen LogP contribution in [0.4, 0.5) is 0 Å². The number of fused-ring (bicyclic) bond motifs is 3. The number of carboxylic acid groups (broad SMARTS) is 2. The lowest BCUT2D eigenvalue weighted by molar-refractivity contribution is 0.0686. The minimum Gasteiger partial charge on any atom is -0.478 e. The van der Waals surface area contributed by atoms with E-state index in [0.717, 1.165) is 44.5 Å². The Morgan fingerprint density at radius 2 is 0.939 bits per heavy atom. The van der Waals surface area contributed by atoms with E-state index in [1.54, 1.807) is 24.3 Å². The van der Waals surface area contributed by atoms with Crippen LogP contribution < -0.4 is 0 Å². The number of carboxylic acids is 2. The summed E-state index contributed by atoms with van der Waals surface area (Å²) in [4.78, 5) is 23.0. The zero-order valence-corrected chi connectivity index (χ0v) is 18.3. The summed E-state index contributed by atoms with van der Waals surface area (Å²) in [5.74, 6) is -1.94. The summed E-state index contributed by atoms with van der Waals surface area (Å²) in [6, 6.07) is 26.9. The Kier molecular flexibility index (Phi) is 4.68. The second-order valence-electron chi connectivity index (χ2n) is 8.61. The van der Waals surface area contributed by atoms with Gasteiger partial charge in [0.25, 0.3) is 0 Å². The molecule has 0 aliphatic heterocycles. The van der Waals surface area contributed by atoms with Crippen LogP contribution in [0.3, 0.4) is 0 Å². The molecule has 0 saturated carbocycles. The smallest absolute Gasteiger partial charge is 0.335 e. The summed E-state index contributed by atoms with van der Waals surface area (Å²) >= 11 is 0. The molecule has 0 radical (unpaired) electrons. The largest absolute Gasteiger partial charge is 0.478 e. The van der Waals surface area contributed by atoms with Crippen LogP contribution in [0.5, 0.6) is 0 Å². The van der Waals surface area contributed by atoms with Crippen LogP contribution in [-0.4, -0.2) is 22.2 Å². The van der Waals surface area contributed by atoms with Crippen molar-refractivity contribution in [3.05, 3.63) is 129 Å². The molecule has 4 aromatic rings. The molecule has 4 heteroatoms. The van der Waals surface area contributed by atoms with Crippen molar-refractivity contribution in [3.63, 3.8) is 0 Å². The van der Waals surface area contributed by atoms with Crippen molar-refractivity contribution in [1.82, 2.24) is 0 Å². The first-order valence-corrected chi connectivity index (χ1v) is 10.7. The van der Waals surface area contributed by atoms with Gasteiger partial charge in [0.2, 0.25) is 0 Å². The van der Waals surface area contributed by atoms with Crippen molar-refractivity contribution in [2.75, 3.05) is 0 Å². The van der Waals surface area contributed by atoms with Gasteiger partial charge in [0.1, 0.15) is 0 Å². The van der Waals surface area contributed by atoms with Gasteiger partial charge in [-0.1, -0.05) is 71.8 Å². The number of rotatable bonds is 4. The zero-order chi connectivity index (χ0) is 23.3. The van der Waals surface area contributed by atoms with E-state index >= 15 is 0 Å². The lowest BCUT2D eigenvalue weighted by atomic mass is 9.67. The van der Waals surface area contributed by atoms with Gasteiger partial charge in [-0.2, -0.15) is 0 Å². The third-order valence-corrected chi connectivity index (χ3v) is 6.58. The van der Waals surface area contributed by atoms with E-state index in [1.165, 1.54) is 0 Å². The SMILES string of the molecule is Cc1ccc2c(c1)C(c1ccc(C(=O)O)cc1)(c1ccc(C(=O)O)cc1)c1cc(C)ccc1-2. The molecule has 0 fully saturated rings. The standard InChI is InChI=1S/C29H22O4/c1-17-3-13-23-24-14-4-18(2)16-26(24)29(25(23)15-17,21-9-5-19(6-10-21)27(30)31)22-11-7-20(8-12-22)28(32)33/h3-16H,1-2H3,(H,30,31)(H,32,33). The summed E-state index contributed by atoms with van der Waals surface area (Å²) in [5.41, 5.74) is 8.32. The molecule has 0 aromatic heterocycles. The Bertz CT molecular complexity index is 1300. The van der Waals surface area contributed by atoms with Gasteiger partial charge in [-0.25, -0.2) is 9.59 Å². The first-order valence-electron chi connectivity index (χ1n) is 10.7. The highest BCUT2D eigenvalue weighted by Crippen LogP contribution is 2.56. The van der Waals surface area contributed by atoms with Crippen molar-refractivity contribution < 1.29 is 19.8 Å². The summed E-state index contributed by atoms with van der Waals surface area (Å²) in [7, 11) is 0. The predicted octanol–water partition coefficient (Wildman–Crippen LogP) is 6.06. The van der Waals surface area contributed by atoms with E-state index in [-0.39, 0.29) is 11.1 Å². The fourth-order valence-corrected chi connectivity index (χ4v) is 5.07. The maximum Gasteiger partial charge on any atom is 0.335 e. The van der Waals surface area contributed by atoms with Crippen molar-refractivity contribution in [2.45, 2.75) is 19.3 Å². The summed E-state index contributed by atoms with van der Waals surface area (Å²) < 4.78 is 0. The Balaban J connectivity index is 1.90. The molecule has 0 heterocycles. The fourth-order valence-electron chi connectivity index (χ4n) is 5.07. The van der Waals surface area contributed by atoms with Crippen LogP contribution in [-0.2, 0) is 5.41 Å². The highest BCUT2D eigenvalue weighted by atomic mass is 16.4. The van der Waals surface area contributed by atoms with Gasteiger partial charge < -0.3 is 10.2 Å². The van der Waals surface area contributed by atoms with E-state index in [2.05, 4.69) is 50.2 Å². The number of hydrogen-bond donors (Lipinski definition) is 2. The number of aromatic carboxylic acids is 2. The molecule has 0 saturated heterocycles. The number of hydrogen-bond acceptors (Lipinski definition) is 2. The van der Waals surface area contributed by atoms with Gasteiger partial charge in [0, 0.05) is 0 Å². The van der Waals surface area contributed by atoms with E-state index in [1.807, 2.05) is 24.3 Å². The van der Waals surface area contributed by atoms with Crippen molar-refractivity contribution in [1.29, 1.82) is 0 Å². The van der Waals surface area contributed by atoms with Gasteiger partial charge in [0.15, 0.2) is 0 Å². The molecule has 33 heavy (non-hydrogen) atoms. The second kappa shape index (κ2) is 7.45. The Hall–Kier alpha value is -4.18. The van der Waals surface area contributed by atoms with Crippen molar-refractivity contribution in [3.8, 4) is 11.1 Å². The van der Waals surface area contributed by atoms with Crippen LogP contribution in [0.15, 0.2) is 84.9 Å². The molecule has 2 N–H and O–H groups in total. The molecule has 0 bridgehead atoms. The molecule has 0 unspecified atom stereocenters. The maximum absolute atomic E-state index is 11.5. The number of aryl methyl sites for hydroxylation is 2. The Morgan fingerprint density at radius 1 is 0.576 bits per heavy atom. The summed E-state index contributed by atoms with van der Waals surface area (Å²) in [6.45, 7) is 4.11. The molecule has 4 aromatic carbocycles. The lowest BCUT2D eigenvalue weighted by Gasteiger charge is -2.34. The first kappa shape index (κ1) is 20.7. The van der Waals surface area contributed by atoms with E-state index in [9.17, 15) is 19.8 Å². The Labute approximate surface area is 191 Å². The first-order chi connectivity index (χ1) is 15.8. The highest BCUT2D eigenvalue weighted by Gasteiger charge is 2.46. The molecule has 0 atom stereocenters. The van der Waals surface area contributed by atoms with Crippen LogP contribution >= 0.6 is 0 Å². The van der Waals surface area contributed by atoms with Crippen molar-refractivity contribution in [2.24, 2.45) is 0 Å². The molecule has 1 aliphatic rings. The van der Waals surface area contributed by atoms with E-state index < -0.39 is 17.4 Å². The molecular formula is C29H22O4. The summed E-state index contributed by atoms with van der Waals surface area (Å²) in [5, 5.41) is 18.9. The third kappa shape index (κ3) is 3.06. The number of carbonyl (C=O) groups is 2. The normalized spacial score (nSPS) is 13.3.